The first-order chi connectivity index (χ1) is 7.19. The molecule has 0 aromatic rings. The van der Waals surface area contributed by atoms with E-state index in [2.05, 4.69) is 18.7 Å². The van der Waals surface area contributed by atoms with E-state index in [0.29, 0.717) is 6.61 Å². The topological polar surface area (TPSA) is 29.5 Å². The minimum Gasteiger partial charge on any atom is -0.368 e. The zero-order valence-electron chi connectivity index (χ0n) is 10.2. The lowest BCUT2D eigenvalue weighted by Gasteiger charge is -2.32. The van der Waals surface area contributed by atoms with Crippen LogP contribution >= 0.6 is 0 Å². The molecule has 2 unspecified atom stereocenters. The minimum atomic E-state index is -0.180. The Hall–Kier alpha value is -0.410. The van der Waals surface area contributed by atoms with Crippen molar-refractivity contribution in [1.29, 1.82) is 0 Å². The Balaban J connectivity index is 2.44. The summed E-state index contributed by atoms with van der Waals surface area (Å²) in [5.41, 5.74) is 0. The van der Waals surface area contributed by atoms with Crippen molar-refractivity contribution in [2.24, 2.45) is 5.92 Å². The predicted molar refractivity (Wildman–Crippen MR) is 60.9 cm³/mol. The van der Waals surface area contributed by atoms with Crippen molar-refractivity contribution in [2.45, 2.75) is 39.7 Å². The largest absolute Gasteiger partial charge is 0.368 e. The molecule has 3 heteroatoms. The van der Waals surface area contributed by atoms with Gasteiger partial charge in [-0.15, -0.1) is 0 Å². The Morgan fingerprint density at radius 2 is 2.27 bits per heavy atom. The molecule has 1 heterocycles. The molecule has 1 aliphatic rings. The molecular weight excluding hydrogens is 190 g/mol. The summed E-state index contributed by atoms with van der Waals surface area (Å²) in [4.78, 5) is 14.3. The molecule has 15 heavy (non-hydrogen) atoms. The van der Waals surface area contributed by atoms with Gasteiger partial charge in [-0.1, -0.05) is 20.8 Å². The van der Waals surface area contributed by atoms with Crippen LogP contribution in [0.1, 0.15) is 33.6 Å². The molecule has 0 radical (unpaired) electrons. The van der Waals surface area contributed by atoms with Gasteiger partial charge in [0.25, 0.3) is 0 Å². The van der Waals surface area contributed by atoms with E-state index in [1.807, 2.05) is 6.92 Å². The first kappa shape index (κ1) is 12.7. The SMILES string of the molecule is CCCN1CCOC(C(=O)C(C)CC)C1. The van der Waals surface area contributed by atoms with Gasteiger partial charge >= 0.3 is 0 Å². The molecule has 0 aromatic heterocycles. The highest BCUT2D eigenvalue weighted by atomic mass is 16.5. The smallest absolute Gasteiger partial charge is 0.165 e. The van der Waals surface area contributed by atoms with Crippen LogP contribution in [-0.4, -0.2) is 43.0 Å². The van der Waals surface area contributed by atoms with Crippen molar-refractivity contribution >= 4 is 5.78 Å². The second kappa shape index (κ2) is 6.23. The minimum absolute atomic E-state index is 0.136. The van der Waals surface area contributed by atoms with E-state index in [0.717, 1.165) is 32.5 Å². The van der Waals surface area contributed by atoms with Gasteiger partial charge in [-0.3, -0.25) is 9.69 Å². The highest BCUT2D eigenvalue weighted by molar-refractivity contribution is 5.85. The van der Waals surface area contributed by atoms with E-state index in [4.69, 9.17) is 4.74 Å². The molecule has 0 N–H and O–H groups in total. The lowest BCUT2D eigenvalue weighted by Crippen LogP contribution is -2.47. The monoisotopic (exact) mass is 213 g/mol. The van der Waals surface area contributed by atoms with Crippen LogP contribution in [0, 0.1) is 5.92 Å². The van der Waals surface area contributed by atoms with Crippen LogP contribution < -0.4 is 0 Å². The Bertz CT molecular complexity index is 204. The number of nitrogens with zero attached hydrogens (tertiary/aromatic N) is 1. The third-order valence-corrected chi connectivity index (χ3v) is 3.11. The fraction of sp³-hybridized carbons (Fsp3) is 0.917. The van der Waals surface area contributed by atoms with E-state index in [-0.39, 0.29) is 17.8 Å². The number of carbonyl (C=O) groups is 1. The van der Waals surface area contributed by atoms with Gasteiger partial charge in [-0.2, -0.15) is 0 Å². The van der Waals surface area contributed by atoms with Crippen molar-refractivity contribution in [3.63, 3.8) is 0 Å². The maximum Gasteiger partial charge on any atom is 0.165 e. The van der Waals surface area contributed by atoms with Crippen LogP contribution in [0.5, 0.6) is 0 Å². The molecular formula is C12H23NO2. The number of Topliss-reactive ketones (excluding diaryl/α,β-unsaturated/α-hetero) is 1. The standard InChI is InChI=1S/C12H23NO2/c1-4-6-13-7-8-15-11(9-13)12(14)10(3)5-2/h10-11H,4-9H2,1-3H3. The molecule has 88 valence electrons. The van der Waals surface area contributed by atoms with Gasteiger partial charge in [-0.05, 0) is 19.4 Å². The van der Waals surface area contributed by atoms with Gasteiger partial charge in [0.05, 0.1) is 6.61 Å². The number of morpholine rings is 1. The summed E-state index contributed by atoms with van der Waals surface area (Å²) in [5, 5.41) is 0. The van der Waals surface area contributed by atoms with Crippen molar-refractivity contribution in [3.05, 3.63) is 0 Å². The van der Waals surface area contributed by atoms with Gasteiger partial charge in [0.1, 0.15) is 6.10 Å². The molecule has 3 nitrogen and oxygen atoms in total. The highest BCUT2D eigenvalue weighted by Gasteiger charge is 2.28. The van der Waals surface area contributed by atoms with Gasteiger partial charge in [0.15, 0.2) is 5.78 Å². The molecule has 0 aliphatic carbocycles. The van der Waals surface area contributed by atoms with Gasteiger partial charge in [-0.25, -0.2) is 0 Å². The Labute approximate surface area is 92.8 Å². The molecule has 1 aliphatic heterocycles. The van der Waals surface area contributed by atoms with E-state index in [1.54, 1.807) is 0 Å². The maximum absolute atomic E-state index is 11.9. The van der Waals surface area contributed by atoms with Gasteiger partial charge in [0.2, 0.25) is 0 Å². The zero-order chi connectivity index (χ0) is 11.3. The van der Waals surface area contributed by atoms with E-state index >= 15 is 0 Å². The molecule has 1 saturated heterocycles. The summed E-state index contributed by atoms with van der Waals surface area (Å²) in [6, 6.07) is 0. The summed E-state index contributed by atoms with van der Waals surface area (Å²) in [5.74, 6) is 0.412. The van der Waals surface area contributed by atoms with Crippen molar-refractivity contribution < 1.29 is 9.53 Å². The van der Waals surface area contributed by atoms with E-state index < -0.39 is 0 Å². The van der Waals surface area contributed by atoms with Crippen molar-refractivity contribution in [2.75, 3.05) is 26.2 Å². The molecule has 1 fully saturated rings. The average Bonchev–Trinajstić information content (AvgIpc) is 2.28. The van der Waals surface area contributed by atoms with Crippen LogP contribution in [0.15, 0.2) is 0 Å². The van der Waals surface area contributed by atoms with Crippen LogP contribution in [0.25, 0.3) is 0 Å². The van der Waals surface area contributed by atoms with Crippen LogP contribution in [0.4, 0.5) is 0 Å². The predicted octanol–water partition coefficient (Wildman–Crippen LogP) is 1.71. The quantitative estimate of drug-likeness (QED) is 0.696. The van der Waals surface area contributed by atoms with Crippen LogP contribution in [0.3, 0.4) is 0 Å². The molecule has 0 saturated carbocycles. The molecule has 0 bridgehead atoms. The molecule has 0 spiro atoms. The first-order valence-corrected chi connectivity index (χ1v) is 6.06. The van der Waals surface area contributed by atoms with Gasteiger partial charge in [0, 0.05) is 19.0 Å². The Morgan fingerprint density at radius 1 is 1.53 bits per heavy atom. The normalized spacial score (nSPS) is 25.1. The maximum atomic E-state index is 11.9. The number of hydrogen-bond acceptors (Lipinski definition) is 3. The average molecular weight is 213 g/mol. The fourth-order valence-corrected chi connectivity index (χ4v) is 1.91. The second-order valence-electron chi connectivity index (χ2n) is 4.37. The lowest BCUT2D eigenvalue weighted by atomic mass is 9.98. The van der Waals surface area contributed by atoms with Crippen LogP contribution in [-0.2, 0) is 9.53 Å². The number of rotatable bonds is 5. The summed E-state index contributed by atoms with van der Waals surface area (Å²) < 4.78 is 5.55. The third kappa shape index (κ3) is 3.58. The molecule has 1 rings (SSSR count). The van der Waals surface area contributed by atoms with E-state index in [9.17, 15) is 4.79 Å². The van der Waals surface area contributed by atoms with Gasteiger partial charge < -0.3 is 4.74 Å². The molecule has 0 aromatic carbocycles. The lowest BCUT2D eigenvalue weighted by molar-refractivity contribution is -0.139. The summed E-state index contributed by atoms with van der Waals surface area (Å²) >= 11 is 0. The Morgan fingerprint density at radius 3 is 2.87 bits per heavy atom. The number of carbonyl (C=O) groups excluding carboxylic acids is 1. The number of ketones is 1. The summed E-state index contributed by atoms with van der Waals surface area (Å²) in [6.07, 6.45) is 1.87. The molecule has 2 atom stereocenters. The summed E-state index contributed by atoms with van der Waals surface area (Å²) in [7, 11) is 0. The Kier molecular flexibility index (Phi) is 5.26. The molecule has 0 amide bonds. The highest BCUT2D eigenvalue weighted by Crippen LogP contribution is 2.13. The van der Waals surface area contributed by atoms with Crippen molar-refractivity contribution in [3.8, 4) is 0 Å². The van der Waals surface area contributed by atoms with E-state index in [1.165, 1.54) is 0 Å². The van der Waals surface area contributed by atoms with Crippen LogP contribution in [0.2, 0.25) is 0 Å². The number of ether oxygens (including phenoxy) is 1. The summed E-state index contributed by atoms with van der Waals surface area (Å²) in [6.45, 7) is 9.75. The third-order valence-electron chi connectivity index (χ3n) is 3.11. The number of hydrogen-bond donors (Lipinski definition) is 0. The van der Waals surface area contributed by atoms with Crippen molar-refractivity contribution in [1.82, 2.24) is 4.90 Å². The zero-order valence-corrected chi connectivity index (χ0v) is 10.2. The second-order valence-corrected chi connectivity index (χ2v) is 4.37. The fourth-order valence-electron chi connectivity index (χ4n) is 1.91. The first-order valence-electron chi connectivity index (χ1n) is 6.06.